The Morgan fingerprint density at radius 2 is 1.86 bits per heavy atom. The number of likely N-dealkylation sites (N-methyl/N-ethyl adjacent to an activating group) is 1. The molecule has 1 aliphatic heterocycles. The number of nitrogens with zero attached hydrogens (tertiary/aromatic N) is 2. The van der Waals surface area contributed by atoms with E-state index in [1.807, 2.05) is 65.0 Å². The molecule has 1 fully saturated rings. The molecule has 1 heterocycles. The molecule has 4 nitrogen and oxygen atoms in total. The van der Waals surface area contributed by atoms with Gasteiger partial charge in [0.15, 0.2) is 5.17 Å². The van der Waals surface area contributed by atoms with Crippen molar-refractivity contribution in [2.75, 3.05) is 6.54 Å². The van der Waals surface area contributed by atoms with Crippen molar-refractivity contribution in [2.24, 2.45) is 4.99 Å². The quantitative estimate of drug-likeness (QED) is 0.610. The van der Waals surface area contributed by atoms with E-state index in [1.54, 1.807) is 4.90 Å². The summed E-state index contributed by atoms with van der Waals surface area (Å²) in [5.41, 5.74) is 4.13. The van der Waals surface area contributed by atoms with Crippen LogP contribution < -0.4 is 4.74 Å². The molecule has 2 aromatic rings. The third-order valence-electron chi connectivity index (χ3n) is 4.33. The number of rotatable bonds is 5. The van der Waals surface area contributed by atoms with Crippen LogP contribution in [-0.2, 0) is 4.79 Å². The Bertz CT molecular complexity index is 930. The van der Waals surface area contributed by atoms with E-state index in [4.69, 9.17) is 9.73 Å². The molecule has 0 saturated carbocycles. The smallest absolute Gasteiger partial charge is 0.266 e. The fraction of sp³-hybridized carbons (Fsp3) is 0.304. The second-order valence-electron chi connectivity index (χ2n) is 7.08. The molecule has 5 heteroatoms. The molecule has 28 heavy (non-hydrogen) atoms. The van der Waals surface area contributed by atoms with Crippen LogP contribution in [0.3, 0.4) is 0 Å². The Kier molecular flexibility index (Phi) is 6.25. The number of benzene rings is 2. The monoisotopic (exact) mass is 394 g/mol. The minimum Gasteiger partial charge on any atom is -0.491 e. The van der Waals surface area contributed by atoms with Gasteiger partial charge in [0.2, 0.25) is 0 Å². The SMILES string of the molecule is CCN1C(=O)/C(=C\c2ccc(OC(C)C)cc2)SC1=Nc1cc(C)ccc1C. The molecule has 0 spiro atoms. The predicted octanol–water partition coefficient (Wildman–Crippen LogP) is 5.71. The Balaban J connectivity index is 1.87. The number of hydrogen-bond acceptors (Lipinski definition) is 4. The molecule has 0 N–H and O–H groups in total. The maximum absolute atomic E-state index is 12.8. The zero-order valence-corrected chi connectivity index (χ0v) is 17.8. The topological polar surface area (TPSA) is 41.9 Å². The van der Waals surface area contributed by atoms with E-state index in [9.17, 15) is 4.79 Å². The van der Waals surface area contributed by atoms with E-state index in [1.165, 1.54) is 11.8 Å². The maximum atomic E-state index is 12.8. The standard InChI is InChI=1S/C23H26N2O2S/c1-6-25-22(26)21(14-18-9-11-19(12-10-18)27-15(2)3)28-23(25)24-20-13-16(4)7-8-17(20)5/h7-15H,6H2,1-5H3/b21-14+,24-23?. The van der Waals surface area contributed by atoms with Crippen LogP contribution in [0.25, 0.3) is 6.08 Å². The van der Waals surface area contributed by atoms with Gasteiger partial charge >= 0.3 is 0 Å². The first-order valence-electron chi connectivity index (χ1n) is 9.51. The number of hydrogen-bond donors (Lipinski definition) is 0. The predicted molar refractivity (Wildman–Crippen MR) is 118 cm³/mol. The Morgan fingerprint density at radius 1 is 1.14 bits per heavy atom. The van der Waals surface area contributed by atoms with Crippen LogP contribution in [0.4, 0.5) is 5.69 Å². The molecule has 0 aromatic heterocycles. The zero-order valence-electron chi connectivity index (χ0n) is 17.0. The van der Waals surface area contributed by atoms with Gasteiger partial charge in [-0.15, -0.1) is 0 Å². The molecular weight excluding hydrogens is 368 g/mol. The lowest BCUT2D eigenvalue weighted by Crippen LogP contribution is -2.28. The summed E-state index contributed by atoms with van der Waals surface area (Å²) < 4.78 is 5.68. The van der Waals surface area contributed by atoms with Crippen LogP contribution in [0, 0.1) is 13.8 Å². The number of amides is 1. The first-order valence-corrected chi connectivity index (χ1v) is 10.3. The van der Waals surface area contributed by atoms with E-state index in [-0.39, 0.29) is 12.0 Å². The second-order valence-corrected chi connectivity index (χ2v) is 8.09. The van der Waals surface area contributed by atoms with Crippen LogP contribution in [0.1, 0.15) is 37.5 Å². The van der Waals surface area contributed by atoms with Crippen molar-refractivity contribution in [1.82, 2.24) is 4.90 Å². The average Bonchev–Trinajstić information content (AvgIpc) is 2.94. The summed E-state index contributed by atoms with van der Waals surface area (Å²) in [4.78, 5) is 20.0. The zero-order chi connectivity index (χ0) is 20.3. The second kappa shape index (κ2) is 8.65. The van der Waals surface area contributed by atoms with Crippen molar-refractivity contribution in [2.45, 2.75) is 40.7 Å². The highest BCUT2D eigenvalue weighted by molar-refractivity contribution is 8.18. The number of carbonyl (C=O) groups is 1. The maximum Gasteiger partial charge on any atom is 0.266 e. The summed E-state index contributed by atoms with van der Waals surface area (Å²) in [6, 6.07) is 14.0. The van der Waals surface area contributed by atoms with Gasteiger partial charge in [-0.3, -0.25) is 9.69 Å². The van der Waals surface area contributed by atoms with E-state index in [2.05, 4.69) is 18.2 Å². The highest BCUT2D eigenvalue weighted by atomic mass is 32.2. The van der Waals surface area contributed by atoms with Gasteiger partial charge in [0.1, 0.15) is 5.75 Å². The molecular formula is C23H26N2O2S. The fourth-order valence-corrected chi connectivity index (χ4v) is 3.93. The van der Waals surface area contributed by atoms with Crippen molar-refractivity contribution in [3.63, 3.8) is 0 Å². The van der Waals surface area contributed by atoms with Gasteiger partial charge in [-0.05, 0) is 87.3 Å². The first kappa shape index (κ1) is 20.2. The number of thioether (sulfide) groups is 1. The van der Waals surface area contributed by atoms with Crippen LogP contribution in [0.15, 0.2) is 52.4 Å². The fourth-order valence-electron chi connectivity index (χ4n) is 2.88. The van der Waals surface area contributed by atoms with Gasteiger partial charge in [-0.2, -0.15) is 0 Å². The van der Waals surface area contributed by atoms with Gasteiger partial charge in [0, 0.05) is 6.54 Å². The summed E-state index contributed by atoms with van der Waals surface area (Å²) in [5.74, 6) is 0.828. The number of amidine groups is 1. The van der Waals surface area contributed by atoms with E-state index in [0.29, 0.717) is 11.4 Å². The van der Waals surface area contributed by atoms with Gasteiger partial charge in [-0.25, -0.2) is 4.99 Å². The van der Waals surface area contributed by atoms with Crippen molar-refractivity contribution < 1.29 is 9.53 Å². The number of aliphatic imine (C=N–C) groups is 1. The van der Waals surface area contributed by atoms with Crippen LogP contribution in [0.2, 0.25) is 0 Å². The molecule has 0 atom stereocenters. The minimum atomic E-state index is -0.000868. The Labute approximate surface area is 171 Å². The summed E-state index contributed by atoms with van der Waals surface area (Å²) >= 11 is 1.43. The van der Waals surface area contributed by atoms with Crippen LogP contribution in [-0.4, -0.2) is 28.6 Å². The molecule has 2 aromatic carbocycles. The highest BCUT2D eigenvalue weighted by Gasteiger charge is 2.32. The molecule has 0 aliphatic carbocycles. The lowest BCUT2D eigenvalue weighted by Gasteiger charge is -2.12. The number of carbonyl (C=O) groups excluding carboxylic acids is 1. The third kappa shape index (κ3) is 4.65. The molecule has 1 aliphatic rings. The van der Waals surface area contributed by atoms with E-state index >= 15 is 0 Å². The summed E-state index contributed by atoms with van der Waals surface area (Å²) in [5, 5.41) is 0.729. The van der Waals surface area contributed by atoms with Gasteiger partial charge in [0.05, 0.1) is 16.7 Å². The van der Waals surface area contributed by atoms with Crippen molar-refractivity contribution in [3.05, 3.63) is 64.1 Å². The van der Waals surface area contributed by atoms with Crippen molar-refractivity contribution in [3.8, 4) is 5.75 Å². The van der Waals surface area contributed by atoms with E-state index < -0.39 is 0 Å². The third-order valence-corrected chi connectivity index (χ3v) is 5.34. The summed E-state index contributed by atoms with van der Waals surface area (Å²) in [6.45, 7) is 10.6. The van der Waals surface area contributed by atoms with Crippen LogP contribution in [0.5, 0.6) is 5.75 Å². The van der Waals surface area contributed by atoms with Crippen LogP contribution >= 0.6 is 11.8 Å². The molecule has 0 unspecified atom stereocenters. The first-order chi connectivity index (χ1) is 13.4. The number of aryl methyl sites for hydroxylation is 2. The van der Waals surface area contributed by atoms with Gasteiger partial charge in [-0.1, -0.05) is 24.3 Å². The Hall–Kier alpha value is -2.53. The van der Waals surface area contributed by atoms with Crippen molar-refractivity contribution >= 4 is 34.6 Å². The normalized spacial score (nSPS) is 17.2. The molecule has 0 radical (unpaired) electrons. The van der Waals surface area contributed by atoms with Gasteiger partial charge in [0.25, 0.3) is 5.91 Å². The largest absolute Gasteiger partial charge is 0.491 e. The van der Waals surface area contributed by atoms with E-state index in [0.717, 1.165) is 33.3 Å². The average molecular weight is 395 g/mol. The molecule has 1 saturated heterocycles. The van der Waals surface area contributed by atoms with Crippen molar-refractivity contribution in [1.29, 1.82) is 0 Å². The lowest BCUT2D eigenvalue weighted by atomic mass is 10.1. The number of ether oxygens (including phenoxy) is 1. The van der Waals surface area contributed by atoms with Gasteiger partial charge < -0.3 is 4.74 Å². The summed E-state index contributed by atoms with van der Waals surface area (Å²) in [6.07, 6.45) is 2.05. The lowest BCUT2D eigenvalue weighted by molar-refractivity contribution is -0.122. The molecule has 3 rings (SSSR count). The highest BCUT2D eigenvalue weighted by Crippen LogP contribution is 2.35. The molecule has 0 bridgehead atoms. The summed E-state index contributed by atoms with van der Waals surface area (Å²) in [7, 11) is 0. The Morgan fingerprint density at radius 3 is 2.50 bits per heavy atom. The molecule has 146 valence electrons. The molecule has 1 amide bonds. The minimum absolute atomic E-state index is 0.000868.